The van der Waals surface area contributed by atoms with Crippen LogP contribution in [-0.4, -0.2) is 24.2 Å². The molecule has 1 N–H and O–H groups in total. The number of furan rings is 1. The molecule has 0 spiro atoms. The zero-order chi connectivity index (χ0) is 17.2. The van der Waals surface area contributed by atoms with Gasteiger partial charge in [0, 0.05) is 23.5 Å². The molecule has 0 fully saturated rings. The van der Waals surface area contributed by atoms with Crippen LogP contribution in [-0.2, 0) is 4.79 Å². The maximum absolute atomic E-state index is 12.3. The van der Waals surface area contributed by atoms with E-state index in [-0.39, 0.29) is 5.91 Å². The van der Waals surface area contributed by atoms with E-state index >= 15 is 0 Å². The number of carbonyl (C=O) groups is 1. The first-order chi connectivity index (χ1) is 12.3. The molecule has 3 heterocycles. The zero-order valence-electron chi connectivity index (χ0n) is 13.5. The summed E-state index contributed by atoms with van der Waals surface area (Å²) in [5.74, 6) is 1.24. The number of benzene rings is 1. The summed E-state index contributed by atoms with van der Waals surface area (Å²) in [5.41, 5.74) is 2.26. The average Bonchev–Trinajstić information content (AvgIpc) is 3.27. The molecule has 0 radical (unpaired) electrons. The lowest BCUT2D eigenvalue weighted by molar-refractivity contribution is -0.115. The van der Waals surface area contributed by atoms with Crippen molar-refractivity contribution in [2.24, 2.45) is 4.99 Å². The van der Waals surface area contributed by atoms with Crippen LogP contribution in [0, 0.1) is 0 Å². The molecule has 1 aliphatic rings. The molecule has 0 bridgehead atoms. The maximum atomic E-state index is 12.3. The van der Waals surface area contributed by atoms with Crippen molar-refractivity contribution >= 4 is 23.6 Å². The minimum absolute atomic E-state index is 0.155. The Kier molecular flexibility index (Phi) is 3.78. The highest BCUT2D eigenvalue weighted by Gasteiger charge is 2.31. The van der Waals surface area contributed by atoms with E-state index in [1.807, 2.05) is 42.5 Å². The van der Waals surface area contributed by atoms with Crippen molar-refractivity contribution in [3.8, 4) is 17.1 Å². The number of amides is 1. The molecule has 25 heavy (non-hydrogen) atoms. The van der Waals surface area contributed by atoms with Crippen LogP contribution < -0.4 is 10.1 Å². The molecule has 1 atom stereocenters. The van der Waals surface area contributed by atoms with Gasteiger partial charge in [0.05, 0.1) is 13.4 Å². The minimum atomic E-state index is -0.512. The summed E-state index contributed by atoms with van der Waals surface area (Å²) >= 11 is 0. The predicted octanol–water partition coefficient (Wildman–Crippen LogP) is 3.79. The second-order valence-corrected chi connectivity index (χ2v) is 5.56. The summed E-state index contributed by atoms with van der Waals surface area (Å²) in [5, 5.41) is 2.78. The SMILES string of the molecule is COc1ccccc1N=CC1C(=O)Nc2ncc(-c3ccco3)cc21. The van der Waals surface area contributed by atoms with Gasteiger partial charge < -0.3 is 14.5 Å². The number of aromatic nitrogens is 1. The highest BCUT2D eigenvalue weighted by atomic mass is 16.5. The van der Waals surface area contributed by atoms with E-state index in [9.17, 15) is 4.79 Å². The lowest BCUT2D eigenvalue weighted by atomic mass is 10.0. The van der Waals surface area contributed by atoms with E-state index in [1.54, 1.807) is 25.8 Å². The Morgan fingerprint density at radius 3 is 2.96 bits per heavy atom. The van der Waals surface area contributed by atoms with Crippen molar-refractivity contribution < 1.29 is 13.9 Å². The third kappa shape index (κ3) is 2.78. The lowest BCUT2D eigenvalue weighted by Gasteiger charge is -2.06. The van der Waals surface area contributed by atoms with E-state index in [0.717, 1.165) is 11.1 Å². The molecular weight excluding hydrogens is 318 g/mol. The van der Waals surface area contributed by atoms with Crippen molar-refractivity contribution in [2.75, 3.05) is 12.4 Å². The molecule has 1 amide bonds. The number of hydrogen-bond donors (Lipinski definition) is 1. The summed E-state index contributed by atoms with van der Waals surface area (Å²) in [6, 6.07) is 13.0. The van der Waals surface area contributed by atoms with Crippen LogP contribution in [0.5, 0.6) is 5.75 Å². The number of pyridine rings is 1. The first-order valence-electron chi connectivity index (χ1n) is 7.78. The summed E-state index contributed by atoms with van der Waals surface area (Å²) in [4.78, 5) is 21.1. The zero-order valence-corrected chi connectivity index (χ0v) is 13.5. The van der Waals surface area contributed by atoms with E-state index in [1.165, 1.54) is 0 Å². The van der Waals surface area contributed by atoms with Gasteiger partial charge in [0.25, 0.3) is 0 Å². The van der Waals surface area contributed by atoms with Crippen LogP contribution in [0.1, 0.15) is 11.5 Å². The van der Waals surface area contributed by atoms with Gasteiger partial charge in [0.1, 0.15) is 28.9 Å². The normalized spacial score (nSPS) is 16.0. The Morgan fingerprint density at radius 1 is 1.28 bits per heavy atom. The van der Waals surface area contributed by atoms with Crippen LogP contribution in [0.25, 0.3) is 11.3 Å². The third-order valence-electron chi connectivity index (χ3n) is 4.03. The lowest BCUT2D eigenvalue weighted by Crippen LogP contribution is -2.13. The number of aliphatic imine (C=N–C) groups is 1. The van der Waals surface area contributed by atoms with Crippen LogP contribution in [0.4, 0.5) is 11.5 Å². The van der Waals surface area contributed by atoms with Gasteiger partial charge in [-0.05, 0) is 30.3 Å². The van der Waals surface area contributed by atoms with Crippen LogP contribution in [0.15, 0.2) is 64.3 Å². The molecule has 0 aliphatic carbocycles. The van der Waals surface area contributed by atoms with Crippen LogP contribution >= 0.6 is 0 Å². The number of nitrogens with one attached hydrogen (secondary N) is 1. The number of hydrogen-bond acceptors (Lipinski definition) is 5. The number of nitrogens with zero attached hydrogens (tertiary/aromatic N) is 2. The number of ether oxygens (including phenoxy) is 1. The molecule has 1 aromatic carbocycles. The fraction of sp³-hybridized carbons (Fsp3) is 0.105. The number of anilines is 1. The standard InChI is InChI=1S/C19H15N3O3/c1-24-17-6-3-2-5-15(17)20-11-14-13-9-12(16-7-4-8-25-16)10-21-18(13)22-19(14)23/h2-11,14H,1H3,(H,21,22,23). The summed E-state index contributed by atoms with van der Waals surface area (Å²) in [6.07, 6.45) is 4.90. The second-order valence-electron chi connectivity index (χ2n) is 5.56. The van der Waals surface area contributed by atoms with E-state index in [0.29, 0.717) is 23.0 Å². The fourth-order valence-electron chi connectivity index (χ4n) is 2.78. The first-order valence-corrected chi connectivity index (χ1v) is 7.78. The second kappa shape index (κ2) is 6.24. The summed E-state index contributed by atoms with van der Waals surface area (Å²) in [7, 11) is 1.59. The summed E-state index contributed by atoms with van der Waals surface area (Å²) in [6.45, 7) is 0. The number of fused-ring (bicyclic) bond motifs is 1. The van der Waals surface area contributed by atoms with E-state index in [4.69, 9.17) is 9.15 Å². The first kappa shape index (κ1) is 15.1. The highest BCUT2D eigenvalue weighted by molar-refractivity contribution is 6.12. The van der Waals surface area contributed by atoms with Gasteiger partial charge in [-0.15, -0.1) is 0 Å². The van der Waals surface area contributed by atoms with E-state index in [2.05, 4.69) is 15.3 Å². The van der Waals surface area contributed by atoms with Gasteiger partial charge in [0.15, 0.2) is 0 Å². The Morgan fingerprint density at radius 2 is 2.16 bits per heavy atom. The van der Waals surface area contributed by atoms with Crippen molar-refractivity contribution in [3.05, 3.63) is 60.5 Å². The Hall–Kier alpha value is -3.41. The number of para-hydroxylation sites is 2. The maximum Gasteiger partial charge on any atom is 0.238 e. The molecule has 6 heteroatoms. The van der Waals surface area contributed by atoms with Gasteiger partial charge in [-0.25, -0.2) is 4.98 Å². The average molecular weight is 333 g/mol. The van der Waals surface area contributed by atoms with Crippen molar-refractivity contribution in [3.63, 3.8) is 0 Å². The number of carbonyl (C=O) groups excluding carboxylic acids is 1. The topological polar surface area (TPSA) is 76.7 Å². The molecule has 0 saturated carbocycles. The number of methoxy groups -OCH3 is 1. The summed E-state index contributed by atoms with van der Waals surface area (Å²) < 4.78 is 10.7. The van der Waals surface area contributed by atoms with Gasteiger partial charge >= 0.3 is 0 Å². The molecule has 1 unspecified atom stereocenters. The fourth-order valence-corrected chi connectivity index (χ4v) is 2.78. The van der Waals surface area contributed by atoms with Gasteiger partial charge in [0.2, 0.25) is 5.91 Å². The monoisotopic (exact) mass is 333 g/mol. The van der Waals surface area contributed by atoms with Crippen molar-refractivity contribution in [1.29, 1.82) is 0 Å². The largest absolute Gasteiger partial charge is 0.494 e. The smallest absolute Gasteiger partial charge is 0.238 e. The quantitative estimate of drug-likeness (QED) is 0.737. The molecule has 2 aromatic heterocycles. The molecule has 0 saturated heterocycles. The number of rotatable bonds is 4. The van der Waals surface area contributed by atoms with Crippen LogP contribution in [0.3, 0.4) is 0 Å². The van der Waals surface area contributed by atoms with Crippen LogP contribution in [0.2, 0.25) is 0 Å². The predicted molar refractivity (Wildman–Crippen MR) is 94.5 cm³/mol. The van der Waals surface area contributed by atoms with Gasteiger partial charge in [-0.3, -0.25) is 9.79 Å². The minimum Gasteiger partial charge on any atom is -0.494 e. The Labute approximate surface area is 144 Å². The van der Waals surface area contributed by atoms with E-state index < -0.39 is 5.92 Å². The van der Waals surface area contributed by atoms with Crippen molar-refractivity contribution in [2.45, 2.75) is 5.92 Å². The molecule has 124 valence electrons. The molecule has 6 nitrogen and oxygen atoms in total. The Bertz CT molecular complexity index is 948. The Balaban J connectivity index is 1.69. The highest BCUT2D eigenvalue weighted by Crippen LogP contribution is 2.34. The molecule has 3 aromatic rings. The molecular formula is C19H15N3O3. The van der Waals surface area contributed by atoms with Gasteiger partial charge in [-0.1, -0.05) is 12.1 Å². The molecule has 1 aliphatic heterocycles. The van der Waals surface area contributed by atoms with Crippen molar-refractivity contribution in [1.82, 2.24) is 4.98 Å². The molecule has 4 rings (SSSR count). The third-order valence-corrected chi connectivity index (χ3v) is 4.03. The van der Waals surface area contributed by atoms with Gasteiger partial charge in [-0.2, -0.15) is 0 Å².